The minimum Gasteiger partial charge on any atom is -0.298 e. The first kappa shape index (κ1) is 15.4. The van der Waals surface area contributed by atoms with Gasteiger partial charge in [0.15, 0.2) is 0 Å². The second-order valence-electron chi connectivity index (χ2n) is 4.22. The van der Waals surface area contributed by atoms with Gasteiger partial charge in [0.1, 0.15) is 0 Å². The third kappa shape index (κ3) is 6.09. The van der Waals surface area contributed by atoms with Crippen molar-refractivity contribution in [2.24, 2.45) is 0 Å². The summed E-state index contributed by atoms with van der Waals surface area (Å²) < 4.78 is 0. The summed E-state index contributed by atoms with van der Waals surface area (Å²) >= 11 is 0. The van der Waals surface area contributed by atoms with Gasteiger partial charge in [-0.25, -0.2) is 0 Å². The van der Waals surface area contributed by atoms with Crippen molar-refractivity contribution in [3.05, 3.63) is 0 Å². The molecule has 0 spiro atoms. The summed E-state index contributed by atoms with van der Waals surface area (Å²) in [6, 6.07) is 0. The maximum absolute atomic E-state index is 2.58. The maximum atomic E-state index is 2.58. The predicted octanol–water partition coefficient (Wildman–Crippen LogP) is 3.93. The second kappa shape index (κ2) is 7.37. The highest BCUT2D eigenvalue weighted by molar-refractivity contribution is 4.78. The third-order valence-corrected chi connectivity index (χ3v) is 2.30. The van der Waals surface area contributed by atoms with E-state index in [1.807, 2.05) is 13.8 Å². The molecule has 0 unspecified atom stereocenters. The van der Waals surface area contributed by atoms with Crippen molar-refractivity contribution < 1.29 is 0 Å². The molecule has 0 aromatic carbocycles. The fraction of sp³-hybridized carbons (Fsp3) is 1.00. The van der Waals surface area contributed by atoms with E-state index in [4.69, 9.17) is 0 Å². The molecule has 0 atom stereocenters. The molecular formula is C12H29N. The van der Waals surface area contributed by atoms with Crippen LogP contribution in [0, 0.1) is 0 Å². The van der Waals surface area contributed by atoms with E-state index >= 15 is 0 Å². The van der Waals surface area contributed by atoms with Crippen LogP contribution < -0.4 is 0 Å². The largest absolute Gasteiger partial charge is 0.298 e. The van der Waals surface area contributed by atoms with Crippen molar-refractivity contribution in [2.45, 2.75) is 66.8 Å². The Hall–Kier alpha value is -0.0400. The average Bonchev–Trinajstić information content (AvgIpc) is 2.08. The summed E-state index contributed by atoms with van der Waals surface area (Å²) in [5, 5.41) is 0. The van der Waals surface area contributed by atoms with Crippen LogP contribution in [-0.4, -0.2) is 23.5 Å². The van der Waals surface area contributed by atoms with E-state index in [2.05, 4.69) is 25.7 Å². The number of hydrogen-bond donors (Lipinski definition) is 0. The van der Waals surface area contributed by atoms with Gasteiger partial charge in [-0.3, -0.25) is 4.90 Å². The fourth-order valence-electron chi connectivity index (χ4n) is 1.56. The van der Waals surface area contributed by atoms with E-state index in [-0.39, 0.29) is 7.43 Å². The predicted molar refractivity (Wildman–Crippen MR) is 63.3 cm³/mol. The monoisotopic (exact) mass is 187 g/mol. The van der Waals surface area contributed by atoms with Gasteiger partial charge in [-0.15, -0.1) is 0 Å². The van der Waals surface area contributed by atoms with Crippen LogP contribution in [0.3, 0.4) is 0 Å². The Labute approximate surface area is 85.5 Å². The van der Waals surface area contributed by atoms with Crippen molar-refractivity contribution in [3.63, 3.8) is 0 Å². The van der Waals surface area contributed by atoms with Crippen LogP contribution in [0.15, 0.2) is 0 Å². The molecule has 0 aliphatic carbocycles. The van der Waals surface area contributed by atoms with Crippen LogP contribution in [0.4, 0.5) is 0 Å². The van der Waals surface area contributed by atoms with Gasteiger partial charge in [0.25, 0.3) is 0 Å². The standard InChI is InChI=1S/C9H19N.C2H6.CH4/c1-9(2,3)10-7-5-4-6-8-10;1-2;/h4-8H2,1-3H3;1-2H3;1H4. The fourth-order valence-corrected chi connectivity index (χ4v) is 1.56. The zero-order valence-corrected chi connectivity index (χ0v) is 9.48. The number of rotatable bonds is 0. The molecule has 1 heterocycles. The summed E-state index contributed by atoms with van der Waals surface area (Å²) in [7, 11) is 0. The first-order chi connectivity index (χ1) is 5.61. The lowest BCUT2D eigenvalue weighted by Gasteiger charge is -2.38. The number of piperidine rings is 1. The highest BCUT2D eigenvalue weighted by Crippen LogP contribution is 2.18. The van der Waals surface area contributed by atoms with E-state index in [1.165, 1.54) is 32.4 Å². The van der Waals surface area contributed by atoms with Crippen molar-refractivity contribution in [1.82, 2.24) is 4.90 Å². The first-order valence-corrected chi connectivity index (χ1v) is 5.36. The molecule has 0 aromatic rings. The first-order valence-electron chi connectivity index (χ1n) is 5.36. The van der Waals surface area contributed by atoms with Crippen LogP contribution in [-0.2, 0) is 0 Å². The van der Waals surface area contributed by atoms with Crippen molar-refractivity contribution in [3.8, 4) is 0 Å². The summed E-state index contributed by atoms with van der Waals surface area (Å²) in [4.78, 5) is 2.58. The van der Waals surface area contributed by atoms with Gasteiger partial charge in [-0.05, 0) is 46.7 Å². The van der Waals surface area contributed by atoms with Crippen LogP contribution in [0.1, 0.15) is 61.3 Å². The minimum atomic E-state index is 0. The second-order valence-corrected chi connectivity index (χ2v) is 4.22. The van der Waals surface area contributed by atoms with E-state index in [0.717, 1.165) is 0 Å². The van der Waals surface area contributed by atoms with Crippen LogP contribution in [0.25, 0.3) is 0 Å². The number of nitrogens with zero attached hydrogens (tertiary/aromatic N) is 1. The molecule has 0 radical (unpaired) electrons. The topological polar surface area (TPSA) is 3.24 Å². The Morgan fingerprint density at radius 3 is 1.46 bits per heavy atom. The highest BCUT2D eigenvalue weighted by atomic mass is 15.2. The Kier molecular flexibility index (Phi) is 8.75. The molecule has 1 aliphatic rings. The Bertz CT molecular complexity index is 96.2. The Morgan fingerprint density at radius 2 is 1.23 bits per heavy atom. The van der Waals surface area contributed by atoms with Gasteiger partial charge in [0.05, 0.1) is 0 Å². The van der Waals surface area contributed by atoms with E-state index in [0.29, 0.717) is 5.54 Å². The van der Waals surface area contributed by atoms with Gasteiger partial charge in [-0.1, -0.05) is 27.7 Å². The molecule has 0 saturated carbocycles. The van der Waals surface area contributed by atoms with E-state index in [9.17, 15) is 0 Å². The Morgan fingerprint density at radius 1 is 0.846 bits per heavy atom. The van der Waals surface area contributed by atoms with Gasteiger partial charge in [0.2, 0.25) is 0 Å². The molecule has 1 heteroatoms. The molecule has 0 aromatic heterocycles. The maximum Gasteiger partial charge on any atom is 0.0125 e. The summed E-state index contributed by atoms with van der Waals surface area (Å²) in [6.45, 7) is 13.5. The van der Waals surface area contributed by atoms with Gasteiger partial charge < -0.3 is 0 Å². The lowest BCUT2D eigenvalue weighted by Crippen LogP contribution is -2.44. The molecule has 1 nitrogen and oxygen atoms in total. The molecule has 0 bridgehead atoms. The van der Waals surface area contributed by atoms with Crippen molar-refractivity contribution in [1.29, 1.82) is 0 Å². The van der Waals surface area contributed by atoms with Crippen LogP contribution in [0.5, 0.6) is 0 Å². The molecule has 13 heavy (non-hydrogen) atoms. The van der Waals surface area contributed by atoms with Gasteiger partial charge >= 0.3 is 0 Å². The van der Waals surface area contributed by atoms with Gasteiger partial charge in [0, 0.05) is 5.54 Å². The molecule has 1 fully saturated rings. The zero-order valence-electron chi connectivity index (χ0n) is 9.48. The third-order valence-electron chi connectivity index (χ3n) is 2.30. The van der Waals surface area contributed by atoms with E-state index < -0.39 is 0 Å². The molecule has 1 aliphatic heterocycles. The zero-order chi connectivity index (χ0) is 9.61. The molecule has 1 rings (SSSR count). The highest BCUT2D eigenvalue weighted by Gasteiger charge is 2.21. The molecule has 0 amide bonds. The Balaban J connectivity index is 0. The van der Waals surface area contributed by atoms with E-state index in [1.54, 1.807) is 0 Å². The average molecular weight is 187 g/mol. The van der Waals surface area contributed by atoms with Gasteiger partial charge in [-0.2, -0.15) is 0 Å². The number of hydrogen-bond acceptors (Lipinski definition) is 1. The lowest BCUT2D eigenvalue weighted by molar-refractivity contribution is 0.111. The SMILES string of the molecule is C.CC.CC(C)(C)N1CCCCC1. The molecule has 0 N–H and O–H groups in total. The van der Waals surface area contributed by atoms with Crippen LogP contribution in [0.2, 0.25) is 0 Å². The van der Waals surface area contributed by atoms with Crippen LogP contribution >= 0.6 is 0 Å². The molecular weight excluding hydrogens is 158 g/mol. The van der Waals surface area contributed by atoms with Crippen molar-refractivity contribution in [2.75, 3.05) is 13.1 Å². The smallest absolute Gasteiger partial charge is 0.0125 e. The normalized spacial score (nSPS) is 18.2. The summed E-state index contributed by atoms with van der Waals surface area (Å²) in [5.74, 6) is 0. The summed E-state index contributed by atoms with van der Waals surface area (Å²) in [6.07, 6.45) is 4.24. The number of likely N-dealkylation sites (tertiary alicyclic amines) is 1. The quantitative estimate of drug-likeness (QED) is 0.555. The molecule has 82 valence electrons. The van der Waals surface area contributed by atoms with Crippen molar-refractivity contribution >= 4 is 0 Å². The minimum absolute atomic E-state index is 0. The lowest BCUT2D eigenvalue weighted by atomic mass is 10.0. The molecule has 1 saturated heterocycles. The summed E-state index contributed by atoms with van der Waals surface area (Å²) in [5.41, 5.74) is 0.403.